The van der Waals surface area contributed by atoms with Gasteiger partial charge in [0.2, 0.25) is 0 Å². The Bertz CT molecular complexity index is 389. The van der Waals surface area contributed by atoms with Crippen molar-refractivity contribution in [1.82, 2.24) is 0 Å². The van der Waals surface area contributed by atoms with Crippen LogP contribution in [-0.2, 0) is 17.8 Å². The Balaban J connectivity index is 5.55. The van der Waals surface area contributed by atoms with Gasteiger partial charge in [-0.2, -0.15) is 0 Å². The van der Waals surface area contributed by atoms with Crippen LogP contribution in [0.4, 0.5) is 0 Å². The lowest BCUT2D eigenvalue weighted by Gasteiger charge is -2.46. The van der Waals surface area contributed by atoms with Gasteiger partial charge in [0.1, 0.15) is 5.22 Å². The molecular weight excluding hydrogens is 316 g/mol. The van der Waals surface area contributed by atoms with Crippen LogP contribution in [0, 0.1) is 0 Å². The monoisotopic (exact) mass is 348 g/mol. The molecule has 4 nitrogen and oxygen atoms in total. The van der Waals surface area contributed by atoms with E-state index in [2.05, 4.69) is 45.9 Å². The lowest BCUT2D eigenvalue weighted by Crippen LogP contribution is -2.66. The summed E-state index contributed by atoms with van der Waals surface area (Å²) in [5.41, 5.74) is 0.389. The van der Waals surface area contributed by atoms with Crippen molar-refractivity contribution in [3.63, 3.8) is 0 Å². The Morgan fingerprint density at radius 1 is 0.905 bits per heavy atom. The molecular formula is C14H32O4Si3. The van der Waals surface area contributed by atoms with Crippen LogP contribution in [0.25, 0.3) is 0 Å². The third-order valence-corrected chi connectivity index (χ3v) is 13.1. The fourth-order valence-corrected chi connectivity index (χ4v) is 14.0. The molecule has 0 radical (unpaired) electrons. The average molecular weight is 349 g/mol. The van der Waals surface area contributed by atoms with Gasteiger partial charge < -0.3 is 13.0 Å². The molecule has 0 aliphatic carbocycles. The number of carbonyl (C=O) groups is 1. The van der Waals surface area contributed by atoms with E-state index < -0.39 is 36.4 Å². The number of hydrogen-bond acceptors (Lipinski definition) is 4. The largest absolute Gasteiger partial charge is 0.454 e. The molecule has 0 spiro atoms. The fourth-order valence-electron chi connectivity index (χ4n) is 1.85. The normalized spacial score (nSPS) is 14.0. The third kappa shape index (κ3) is 7.05. The number of ether oxygens (including phenoxy) is 1. The van der Waals surface area contributed by atoms with Crippen LogP contribution in [0.15, 0.2) is 12.2 Å². The molecule has 7 heteroatoms. The van der Waals surface area contributed by atoms with Gasteiger partial charge in [0.05, 0.1) is 0 Å². The SMILES string of the molecule is C=C(C)C(=O)OC(C)(C)[Si](C)(O[Si](C)(C)C)O[Si](C)(C)C. The van der Waals surface area contributed by atoms with Gasteiger partial charge in [-0.3, -0.25) is 0 Å². The summed E-state index contributed by atoms with van der Waals surface area (Å²) in [6.07, 6.45) is 0. The minimum absolute atomic E-state index is 0.389. The Hall–Kier alpha value is -0.219. The van der Waals surface area contributed by atoms with E-state index in [0.29, 0.717) is 5.57 Å². The zero-order chi connectivity index (χ0) is 17.3. The van der Waals surface area contributed by atoms with Crippen molar-refractivity contribution < 1.29 is 17.8 Å². The summed E-state index contributed by atoms with van der Waals surface area (Å²) >= 11 is 0. The maximum Gasteiger partial charge on any atom is 0.359 e. The number of hydrogen-bond donors (Lipinski definition) is 0. The first-order chi connectivity index (χ1) is 8.99. The zero-order valence-electron chi connectivity index (χ0n) is 15.3. The predicted molar refractivity (Wildman–Crippen MR) is 95.5 cm³/mol. The molecule has 0 saturated heterocycles. The van der Waals surface area contributed by atoms with Gasteiger partial charge in [0.15, 0.2) is 16.6 Å². The first-order valence-electron chi connectivity index (χ1n) is 7.28. The molecule has 124 valence electrons. The zero-order valence-corrected chi connectivity index (χ0v) is 18.3. The Morgan fingerprint density at radius 2 is 1.24 bits per heavy atom. The van der Waals surface area contributed by atoms with Gasteiger partial charge in [-0.1, -0.05) is 6.58 Å². The molecule has 0 aromatic carbocycles. The fraction of sp³-hybridized carbons (Fsp3) is 0.786. The van der Waals surface area contributed by atoms with E-state index in [0.717, 1.165) is 0 Å². The van der Waals surface area contributed by atoms with Gasteiger partial charge in [-0.25, -0.2) is 4.79 Å². The first-order valence-corrected chi connectivity index (χ1v) is 16.4. The minimum atomic E-state index is -2.72. The highest BCUT2D eigenvalue weighted by Gasteiger charge is 2.55. The van der Waals surface area contributed by atoms with E-state index in [-0.39, 0.29) is 0 Å². The Labute approximate surface area is 133 Å². The Morgan fingerprint density at radius 3 is 1.48 bits per heavy atom. The smallest absolute Gasteiger partial charge is 0.359 e. The molecule has 0 rings (SSSR count). The molecule has 0 aliphatic rings. The molecule has 21 heavy (non-hydrogen) atoms. The van der Waals surface area contributed by atoms with Crippen LogP contribution < -0.4 is 0 Å². The van der Waals surface area contributed by atoms with Gasteiger partial charge >= 0.3 is 14.5 Å². The molecule has 0 fully saturated rings. The highest BCUT2D eigenvalue weighted by molar-refractivity contribution is 6.88. The van der Waals surface area contributed by atoms with Gasteiger partial charge in [0.25, 0.3) is 0 Å². The summed E-state index contributed by atoms with van der Waals surface area (Å²) < 4.78 is 18.5. The summed E-state index contributed by atoms with van der Waals surface area (Å²) in [5.74, 6) is -0.392. The van der Waals surface area contributed by atoms with E-state index >= 15 is 0 Å². The van der Waals surface area contributed by atoms with E-state index in [9.17, 15) is 4.79 Å². The minimum Gasteiger partial charge on any atom is -0.454 e. The van der Waals surface area contributed by atoms with E-state index in [1.54, 1.807) is 6.92 Å². The average Bonchev–Trinajstić information content (AvgIpc) is 2.09. The van der Waals surface area contributed by atoms with E-state index in [1.165, 1.54) is 0 Å². The maximum absolute atomic E-state index is 11.9. The second-order valence-electron chi connectivity index (χ2n) is 8.05. The van der Waals surface area contributed by atoms with Gasteiger partial charge in [0, 0.05) is 5.57 Å². The topological polar surface area (TPSA) is 44.8 Å². The lowest BCUT2D eigenvalue weighted by molar-refractivity contribution is -0.147. The summed E-state index contributed by atoms with van der Waals surface area (Å²) in [4.78, 5) is 11.9. The van der Waals surface area contributed by atoms with Crippen molar-refractivity contribution in [3.8, 4) is 0 Å². The molecule has 0 atom stereocenters. The van der Waals surface area contributed by atoms with Crippen molar-refractivity contribution in [2.75, 3.05) is 0 Å². The van der Waals surface area contributed by atoms with Crippen LogP contribution in [0.2, 0.25) is 45.8 Å². The Kier molecular flexibility index (Phi) is 6.42. The van der Waals surface area contributed by atoms with Crippen LogP contribution in [-0.4, -0.2) is 36.4 Å². The quantitative estimate of drug-likeness (QED) is 0.393. The highest BCUT2D eigenvalue weighted by Crippen LogP contribution is 2.33. The summed E-state index contributed by atoms with van der Waals surface area (Å²) in [6, 6.07) is 0. The second-order valence-corrected chi connectivity index (χ2v) is 21.2. The van der Waals surface area contributed by atoms with Crippen molar-refractivity contribution >= 4 is 31.2 Å². The molecule has 0 aliphatic heterocycles. The second kappa shape index (κ2) is 6.49. The molecule has 0 saturated carbocycles. The molecule has 0 heterocycles. The van der Waals surface area contributed by atoms with Crippen LogP contribution in [0.1, 0.15) is 20.8 Å². The molecule has 0 N–H and O–H groups in total. The maximum atomic E-state index is 11.9. The first kappa shape index (κ1) is 20.8. The van der Waals surface area contributed by atoms with Crippen LogP contribution in [0.3, 0.4) is 0 Å². The van der Waals surface area contributed by atoms with Crippen LogP contribution in [0.5, 0.6) is 0 Å². The lowest BCUT2D eigenvalue weighted by atomic mass is 10.3. The van der Waals surface area contributed by atoms with Gasteiger partial charge in [-0.15, -0.1) is 0 Å². The highest BCUT2D eigenvalue weighted by atomic mass is 28.5. The predicted octanol–water partition coefficient (Wildman–Crippen LogP) is 4.20. The van der Waals surface area contributed by atoms with E-state index in [4.69, 9.17) is 13.0 Å². The molecule has 0 amide bonds. The molecule has 0 unspecified atom stereocenters. The van der Waals surface area contributed by atoms with Crippen LogP contribution >= 0.6 is 0 Å². The van der Waals surface area contributed by atoms with Crippen molar-refractivity contribution in [3.05, 3.63) is 12.2 Å². The number of rotatable bonds is 7. The van der Waals surface area contributed by atoms with Gasteiger partial charge in [-0.05, 0) is 66.6 Å². The number of esters is 1. The molecule has 0 aromatic rings. The standard InChI is InChI=1S/C14H32O4Si3/c1-12(2)13(15)16-14(3,4)21(11,17-19(5,6)7)18-20(8,9)10/h1H2,2-11H3. The molecule has 0 bridgehead atoms. The number of carbonyl (C=O) groups excluding carboxylic acids is 1. The summed E-state index contributed by atoms with van der Waals surface area (Å²) in [7, 11) is -6.39. The summed E-state index contributed by atoms with van der Waals surface area (Å²) in [5, 5.41) is -0.774. The molecule has 0 aromatic heterocycles. The van der Waals surface area contributed by atoms with Crippen molar-refractivity contribution in [2.24, 2.45) is 0 Å². The summed E-state index contributed by atoms with van der Waals surface area (Å²) in [6.45, 7) is 23.8. The van der Waals surface area contributed by atoms with Crippen molar-refractivity contribution in [2.45, 2.75) is 71.8 Å². The van der Waals surface area contributed by atoms with Crippen molar-refractivity contribution in [1.29, 1.82) is 0 Å². The third-order valence-electron chi connectivity index (χ3n) is 2.79. The van der Waals surface area contributed by atoms with E-state index in [1.807, 2.05) is 20.4 Å².